The first-order valence-electron chi connectivity index (χ1n) is 4.86. The van der Waals surface area contributed by atoms with Gasteiger partial charge in [0.2, 0.25) is 0 Å². The molecule has 76 valence electrons. The monoisotopic (exact) mass is 185 g/mol. The molecule has 0 N–H and O–H groups in total. The zero-order valence-electron chi connectivity index (χ0n) is 8.91. The number of nitrogens with zero attached hydrogens (tertiary/aromatic N) is 1. The molecule has 0 aromatic rings. The van der Waals surface area contributed by atoms with Gasteiger partial charge >= 0.3 is 0 Å². The van der Waals surface area contributed by atoms with Crippen molar-refractivity contribution in [2.75, 3.05) is 20.7 Å². The van der Waals surface area contributed by atoms with Crippen LogP contribution in [0.25, 0.3) is 0 Å². The van der Waals surface area contributed by atoms with Gasteiger partial charge in [0.05, 0.1) is 0 Å². The summed E-state index contributed by atoms with van der Waals surface area (Å²) in [7, 11) is 3.56. The number of carbonyl (C=O) groups is 1. The standard InChI is InChI=1S/C10H19NO2/c1-7(2)8-5-6-13-9(8)10(12)11(3)4/h7-9H,5-6H2,1-4H3/t8-,9-/m1/s1. The Labute approximate surface area is 80.1 Å². The molecule has 1 aliphatic rings. The maximum absolute atomic E-state index is 11.7. The Morgan fingerprint density at radius 1 is 1.46 bits per heavy atom. The topological polar surface area (TPSA) is 29.5 Å². The maximum atomic E-state index is 11.7. The van der Waals surface area contributed by atoms with Gasteiger partial charge < -0.3 is 9.64 Å². The zero-order valence-corrected chi connectivity index (χ0v) is 8.91. The fourth-order valence-electron chi connectivity index (χ4n) is 1.80. The van der Waals surface area contributed by atoms with Gasteiger partial charge in [0.1, 0.15) is 6.10 Å². The van der Waals surface area contributed by atoms with Crippen molar-refractivity contribution in [3.05, 3.63) is 0 Å². The number of carbonyl (C=O) groups excluding carboxylic acids is 1. The van der Waals surface area contributed by atoms with Gasteiger partial charge in [-0.05, 0) is 18.3 Å². The van der Waals surface area contributed by atoms with Gasteiger partial charge in [-0.25, -0.2) is 0 Å². The summed E-state index contributed by atoms with van der Waals surface area (Å²) in [5, 5.41) is 0. The molecule has 1 heterocycles. The lowest BCUT2D eigenvalue weighted by Gasteiger charge is -2.23. The van der Waals surface area contributed by atoms with E-state index in [0.717, 1.165) is 13.0 Å². The number of likely N-dealkylation sites (N-methyl/N-ethyl adjacent to an activating group) is 1. The Balaban J connectivity index is 2.63. The average Bonchev–Trinajstić information content (AvgIpc) is 2.50. The molecule has 1 aliphatic heterocycles. The van der Waals surface area contributed by atoms with Crippen molar-refractivity contribution in [3.63, 3.8) is 0 Å². The maximum Gasteiger partial charge on any atom is 0.251 e. The van der Waals surface area contributed by atoms with Gasteiger partial charge in [-0.3, -0.25) is 4.79 Å². The number of hydrogen-bond acceptors (Lipinski definition) is 2. The Bertz CT molecular complexity index is 189. The summed E-state index contributed by atoms with van der Waals surface area (Å²) in [5.74, 6) is 1.03. The molecule has 3 heteroatoms. The van der Waals surface area contributed by atoms with E-state index in [-0.39, 0.29) is 12.0 Å². The average molecular weight is 185 g/mol. The lowest BCUT2D eigenvalue weighted by molar-refractivity contribution is -0.140. The Hall–Kier alpha value is -0.570. The van der Waals surface area contributed by atoms with Crippen molar-refractivity contribution < 1.29 is 9.53 Å². The zero-order chi connectivity index (χ0) is 10.0. The molecule has 13 heavy (non-hydrogen) atoms. The summed E-state index contributed by atoms with van der Waals surface area (Å²) >= 11 is 0. The normalized spacial score (nSPS) is 28.1. The van der Waals surface area contributed by atoms with E-state index in [0.29, 0.717) is 11.8 Å². The van der Waals surface area contributed by atoms with Crippen molar-refractivity contribution >= 4 is 5.91 Å². The second-order valence-electron chi connectivity index (χ2n) is 4.22. The second kappa shape index (κ2) is 4.09. The van der Waals surface area contributed by atoms with Crippen LogP contribution in [0.5, 0.6) is 0 Å². The van der Waals surface area contributed by atoms with Gasteiger partial charge in [-0.2, -0.15) is 0 Å². The van der Waals surface area contributed by atoms with E-state index in [1.54, 1.807) is 19.0 Å². The number of ether oxygens (including phenoxy) is 1. The molecule has 0 spiro atoms. The van der Waals surface area contributed by atoms with E-state index in [4.69, 9.17) is 4.74 Å². The van der Waals surface area contributed by atoms with Crippen LogP contribution in [0.3, 0.4) is 0 Å². The van der Waals surface area contributed by atoms with Crippen LogP contribution in [0.2, 0.25) is 0 Å². The van der Waals surface area contributed by atoms with Gasteiger partial charge in [-0.15, -0.1) is 0 Å². The van der Waals surface area contributed by atoms with Crippen LogP contribution in [0.15, 0.2) is 0 Å². The molecule has 2 atom stereocenters. The van der Waals surface area contributed by atoms with Crippen LogP contribution in [0, 0.1) is 11.8 Å². The third-order valence-electron chi connectivity index (χ3n) is 2.68. The molecule has 1 amide bonds. The van der Waals surface area contributed by atoms with Crippen LogP contribution in [0.4, 0.5) is 0 Å². The largest absolute Gasteiger partial charge is 0.368 e. The highest BCUT2D eigenvalue weighted by atomic mass is 16.5. The van der Waals surface area contributed by atoms with Crippen LogP contribution in [-0.4, -0.2) is 37.6 Å². The first-order valence-corrected chi connectivity index (χ1v) is 4.86. The predicted molar refractivity (Wildman–Crippen MR) is 51.4 cm³/mol. The van der Waals surface area contributed by atoms with Crippen molar-refractivity contribution in [2.45, 2.75) is 26.4 Å². The predicted octanol–water partition coefficient (Wildman–Crippen LogP) is 1.14. The molecule has 0 unspecified atom stereocenters. The highest BCUT2D eigenvalue weighted by molar-refractivity contribution is 5.81. The summed E-state index contributed by atoms with van der Waals surface area (Å²) in [4.78, 5) is 13.3. The van der Waals surface area contributed by atoms with E-state index in [2.05, 4.69) is 13.8 Å². The number of hydrogen-bond donors (Lipinski definition) is 0. The van der Waals surface area contributed by atoms with E-state index >= 15 is 0 Å². The lowest BCUT2D eigenvalue weighted by Crippen LogP contribution is -2.38. The minimum atomic E-state index is -0.199. The summed E-state index contributed by atoms with van der Waals surface area (Å²) in [5.41, 5.74) is 0. The third-order valence-corrected chi connectivity index (χ3v) is 2.68. The fraction of sp³-hybridized carbons (Fsp3) is 0.900. The molecular weight excluding hydrogens is 166 g/mol. The molecule has 0 radical (unpaired) electrons. The SMILES string of the molecule is CC(C)[C@H]1CCO[C@H]1C(=O)N(C)C. The van der Waals surface area contributed by atoms with Crippen LogP contribution in [-0.2, 0) is 9.53 Å². The van der Waals surface area contributed by atoms with E-state index in [1.165, 1.54) is 0 Å². The van der Waals surface area contributed by atoms with Crippen molar-refractivity contribution in [1.82, 2.24) is 4.90 Å². The van der Waals surface area contributed by atoms with E-state index in [1.807, 2.05) is 0 Å². The van der Waals surface area contributed by atoms with Crippen LogP contribution < -0.4 is 0 Å². The molecule has 0 aromatic heterocycles. The molecule has 1 saturated heterocycles. The molecular formula is C10H19NO2. The first kappa shape index (κ1) is 10.5. The van der Waals surface area contributed by atoms with Gasteiger partial charge in [0.25, 0.3) is 5.91 Å². The molecule has 0 aromatic carbocycles. The Kier molecular flexibility index (Phi) is 3.31. The number of amides is 1. The van der Waals surface area contributed by atoms with E-state index in [9.17, 15) is 4.79 Å². The molecule has 1 rings (SSSR count). The van der Waals surface area contributed by atoms with Crippen molar-refractivity contribution in [1.29, 1.82) is 0 Å². The molecule has 0 aliphatic carbocycles. The molecule has 1 fully saturated rings. The molecule has 3 nitrogen and oxygen atoms in total. The third kappa shape index (κ3) is 2.21. The van der Waals surface area contributed by atoms with Gasteiger partial charge in [0, 0.05) is 20.7 Å². The lowest BCUT2D eigenvalue weighted by atomic mass is 9.89. The fourth-order valence-corrected chi connectivity index (χ4v) is 1.80. The highest BCUT2D eigenvalue weighted by Gasteiger charge is 2.36. The van der Waals surface area contributed by atoms with Gasteiger partial charge in [0.15, 0.2) is 0 Å². The first-order chi connectivity index (χ1) is 6.04. The second-order valence-corrected chi connectivity index (χ2v) is 4.22. The smallest absolute Gasteiger partial charge is 0.251 e. The molecule has 0 saturated carbocycles. The van der Waals surface area contributed by atoms with Crippen molar-refractivity contribution in [3.8, 4) is 0 Å². The van der Waals surface area contributed by atoms with Gasteiger partial charge in [-0.1, -0.05) is 13.8 Å². The van der Waals surface area contributed by atoms with E-state index < -0.39 is 0 Å². The Morgan fingerprint density at radius 2 is 2.08 bits per heavy atom. The summed E-state index contributed by atoms with van der Waals surface area (Å²) in [6.45, 7) is 5.03. The summed E-state index contributed by atoms with van der Waals surface area (Å²) < 4.78 is 5.46. The quantitative estimate of drug-likeness (QED) is 0.645. The minimum Gasteiger partial charge on any atom is -0.368 e. The molecule has 0 bridgehead atoms. The summed E-state index contributed by atoms with van der Waals surface area (Å²) in [6, 6.07) is 0. The minimum absolute atomic E-state index is 0.108. The Morgan fingerprint density at radius 3 is 2.54 bits per heavy atom. The van der Waals surface area contributed by atoms with Crippen LogP contribution >= 0.6 is 0 Å². The highest BCUT2D eigenvalue weighted by Crippen LogP contribution is 2.28. The number of rotatable bonds is 2. The van der Waals surface area contributed by atoms with Crippen LogP contribution in [0.1, 0.15) is 20.3 Å². The summed E-state index contributed by atoms with van der Waals surface area (Å²) in [6.07, 6.45) is 0.817. The van der Waals surface area contributed by atoms with Crippen molar-refractivity contribution in [2.24, 2.45) is 11.8 Å².